The monoisotopic (exact) mass is 321 g/mol. The van der Waals surface area contributed by atoms with E-state index >= 15 is 0 Å². The molecule has 0 amide bonds. The molecule has 100 valence electrons. The van der Waals surface area contributed by atoms with Gasteiger partial charge >= 0.3 is 0 Å². The summed E-state index contributed by atoms with van der Waals surface area (Å²) in [5.41, 5.74) is 1.78. The summed E-state index contributed by atoms with van der Waals surface area (Å²) in [4.78, 5) is 15.7. The largest absolute Gasteiger partial charge is 0.355 e. The van der Waals surface area contributed by atoms with Gasteiger partial charge in [-0.1, -0.05) is 6.08 Å². The van der Waals surface area contributed by atoms with Crippen molar-refractivity contribution in [2.24, 2.45) is 0 Å². The fraction of sp³-hybridized carbons (Fsp3) is 0.462. The van der Waals surface area contributed by atoms with Gasteiger partial charge in [0.2, 0.25) is 0 Å². The van der Waals surface area contributed by atoms with E-state index in [4.69, 9.17) is 0 Å². The van der Waals surface area contributed by atoms with Crippen molar-refractivity contribution < 1.29 is 0 Å². The second-order valence-electron chi connectivity index (χ2n) is 4.67. The number of fused-ring (bicyclic) bond motifs is 1. The maximum atomic E-state index is 4.59. The van der Waals surface area contributed by atoms with Gasteiger partial charge in [-0.3, -0.25) is 0 Å². The molecule has 19 heavy (non-hydrogen) atoms. The number of rotatable bonds is 4. The molecule has 2 aromatic rings. The van der Waals surface area contributed by atoms with E-state index in [0.717, 1.165) is 47.8 Å². The van der Waals surface area contributed by atoms with Gasteiger partial charge in [0.25, 0.3) is 0 Å². The molecule has 0 saturated carbocycles. The van der Waals surface area contributed by atoms with Gasteiger partial charge in [-0.25, -0.2) is 15.0 Å². The Bertz CT molecular complexity index is 600. The first-order chi connectivity index (χ1) is 9.31. The van der Waals surface area contributed by atoms with Crippen LogP contribution in [0.2, 0.25) is 0 Å². The Morgan fingerprint density at radius 3 is 2.84 bits per heavy atom. The third kappa shape index (κ3) is 2.25. The number of halogens is 1. The molecule has 0 atom stereocenters. The van der Waals surface area contributed by atoms with E-state index in [1.54, 1.807) is 6.33 Å². The Hall–Kier alpha value is -1.43. The predicted molar refractivity (Wildman–Crippen MR) is 79.3 cm³/mol. The minimum atomic E-state index is 0.810. The van der Waals surface area contributed by atoms with Crippen LogP contribution in [0.1, 0.15) is 19.3 Å². The molecular weight excluding hydrogens is 306 g/mol. The van der Waals surface area contributed by atoms with Crippen LogP contribution in [0, 0.1) is 0 Å². The summed E-state index contributed by atoms with van der Waals surface area (Å²) in [7, 11) is 0. The van der Waals surface area contributed by atoms with Crippen LogP contribution in [0.5, 0.6) is 0 Å². The highest BCUT2D eigenvalue weighted by Gasteiger charge is 2.20. The number of imidazole rings is 1. The van der Waals surface area contributed by atoms with Crippen LogP contribution in [-0.4, -0.2) is 32.6 Å². The van der Waals surface area contributed by atoms with Crippen molar-refractivity contribution in [2.45, 2.75) is 25.8 Å². The number of aryl methyl sites for hydroxylation is 1. The van der Waals surface area contributed by atoms with Crippen LogP contribution in [-0.2, 0) is 6.54 Å². The lowest BCUT2D eigenvalue weighted by molar-refractivity contribution is 0.707. The van der Waals surface area contributed by atoms with Crippen molar-refractivity contribution in [1.82, 2.24) is 19.5 Å². The molecule has 0 unspecified atom stereocenters. The molecule has 0 radical (unpaired) electrons. The zero-order valence-corrected chi connectivity index (χ0v) is 12.3. The third-order valence-electron chi connectivity index (χ3n) is 3.43. The molecule has 0 N–H and O–H groups in total. The Morgan fingerprint density at radius 1 is 1.32 bits per heavy atom. The number of nitrogens with zero attached hydrogens (tertiary/aromatic N) is 5. The molecule has 0 bridgehead atoms. The molecule has 2 aromatic heterocycles. The van der Waals surface area contributed by atoms with Crippen molar-refractivity contribution in [3.8, 4) is 0 Å². The van der Waals surface area contributed by atoms with Crippen molar-refractivity contribution in [2.75, 3.05) is 18.0 Å². The van der Waals surface area contributed by atoms with Crippen molar-refractivity contribution in [3.63, 3.8) is 0 Å². The lowest BCUT2D eigenvalue weighted by atomic mass is 10.4. The standard InChI is InChI=1S/C13H16BrN5/c1-2-3-8-19-12-10(17-13(19)14)11(15-9-16-12)18-6-4-5-7-18/h2,9H,1,3-8H2. The number of aromatic nitrogens is 4. The minimum absolute atomic E-state index is 0.810. The van der Waals surface area contributed by atoms with E-state index in [1.165, 1.54) is 12.8 Å². The van der Waals surface area contributed by atoms with E-state index in [9.17, 15) is 0 Å². The van der Waals surface area contributed by atoms with Gasteiger partial charge in [-0.15, -0.1) is 6.58 Å². The summed E-state index contributed by atoms with van der Waals surface area (Å²) in [6, 6.07) is 0. The fourth-order valence-electron chi connectivity index (χ4n) is 2.48. The Morgan fingerprint density at radius 2 is 2.11 bits per heavy atom. The number of allylic oxidation sites excluding steroid dienone is 1. The summed E-state index contributed by atoms with van der Waals surface area (Å²) in [6.45, 7) is 6.71. The number of hydrogen-bond acceptors (Lipinski definition) is 4. The number of hydrogen-bond donors (Lipinski definition) is 0. The van der Waals surface area contributed by atoms with Crippen molar-refractivity contribution >= 4 is 32.9 Å². The topological polar surface area (TPSA) is 46.8 Å². The summed E-state index contributed by atoms with van der Waals surface area (Å²) in [5, 5.41) is 0. The van der Waals surface area contributed by atoms with Crippen molar-refractivity contribution in [1.29, 1.82) is 0 Å². The lowest BCUT2D eigenvalue weighted by Gasteiger charge is -2.15. The molecule has 5 nitrogen and oxygen atoms in total. The number of anilines is 1. The second-order valence-corrected chi connectivity index (χ2v) is 5.38. The summed E-state index contributed by atoms with van der Waals surface area (Å²) >= 11 is 3.51. The van der Waals surface area contributed by atoms with Gasteiger partial charge in [0.1, 0.15) is 6.33 Å². The zero-order valence-electron chi connectivity index (χ0n) is 10.7. The van der Waals surface area contributed by atoms with Crippen LogP contribution in [0.25, 0.3) is 11.2 Å². The first kappa shape index (κ1) is 12.6. The summed E-state index contributed by atoms with van der Waals surface area (Å²) < 4.78 is 2.88. The summed E-state index contributed by atoms with van der Waals surface area (Å²) in [5.74, 6) is 0.959. The van der Waals surface area contributed by atoms with Crippen LogP contribution in [0.15, 0.2) is 23.7 Å². The van der Waals surface area contributed by atoms with Gasteiger partial charge < -0.3 is 9.47 Å². The molecular formula is C13H16BrN5. The lowest BCUT2D eigenvalue weighted by Crippen LogP contribution is -2.19. The van der Waals surface area contributed by atoms with Gasteiger partial charge in [0, 0.05) is 19.6 Å². The average molecular weight is 322 g/mol. The van der Waals surface area contributed by atoms with Crippen LogP contribution >= 0.6 is 15.9 Å². The Balaban J connectivity index is 2.07. The third-order valence-corrected chi connectivity index (χ3v) is 4.03. The Kier molecular flexibility index (Phi) is 3.50. The molecule has 1 fully saturated rings. The molecule has 3 rings (SSSR count). The predicted octanol–water partition coefficient (Wildman–Crippen LogP) is 2.77. The normalized spacial score (nSPS) is 15.3. The van der Waals surface area contributed by atoms with E-state index < -0.39 is 0 Å². The summed E-state index contributed by atoms with van der Waals surface area (Å²) in [6.07, 6.45) is 6.89. The van der Waals surface area contributed by atoms with Crippen LogP contribution in [0.4, 0.5) is 5.82 Å². The minimum Gasteiger partial charge on any atom is -0.355 e. The van der Waals surface area contributed by atoms with Crippen molar-refractivity contribution in [3.05, 3.63) is 23.7 Å². The molecule has 3 heterocycles. The smallest absolute Gasteiger partial charge is 0.179 e. The molecule has 0 spiro atoms. The van der Waals surface area contributed by atoms with E-state index in [2.05, 4.69) is 46.9 Å². The van der Waals surface area contributed by atoms with E-state index in [-0.39, 0.29) is 0 Å². The molecule has 0 aliphatic carbocycles. The highest BCUT2D eigenvalue weighted by atomic mass is 79.9. The highest BCUT2D eigenvalue weighted by Crippen LogP contribution is 2.27. The first-order valence-corrected chi connectivity index (χ1v) is 7.33. The molecule has 1 saturated heterocycles. The van der Waals surface area contributed by atoms with Gasteiger partial charge in [-0.2, -0.15) is 0 Å². The second kappa shape index (κ2) is 5.28. The molecule has 1 aliphatic rings. The highest BCUT2D eigenvalue weighted by molar-refractivity contribution is 9.10. The molecule has 6 heteroatoms. The van der Waals surface area contributed by atoms with E-state index in [1.807, 2.05) is 6.08 Å². The quantitative estimate of drug-likeness (QED) is 0.641. The first-order valence-electron chi connectivity index (χ1n) is 6.54. The van der Waals surface area contributed by atoms with Gasteiger partial charge in [-0.05, 0) is 35.2 Å². The molecule has 0 aromatic carbocycles. The Labute approximate surface area is 120 Å². The fourth-order valence-corrected chi connectivity index (χ4v) is 3.00. The average Bonchev–Trinajstić information content (AvgIpc) is 3.03. The SMILES string of the molecule is C=CCCn1c(Br)nc2c(N3CCCC3)ncnc21. The zero-order chi connectivity index (χ0) is 13.2. The van der Waals surface area contributed by atoms with Crippen LogP contribution in [0.3, 0.4) is 0 Å². The maximum Gasteiger partial charge on any atom is 0.179 e. The molecule has 1 aliphatic heterocycles. The van der Waals surface area contributed by atoms with Gasteiger partial charge in [0.05, 0.1) is 0 Å². The van der Waals surface area contributed by atoms with E-state index in [0.29, 0.717) is 0 Å². The van der Waals surface area contributed by atoms with Crippen LogP contribution < -0.4 is 4.90 Å². The maximum absolute atomic E-state index is 4.59. The van der Waals surface area contributed by atoms with Gasteiger partial charge in [0.15, 0.2) is 21.7 Å².